The van der Waals surface area contributed by atoms with Gasteiger partial charge in [-0.25, -0.2) is 4.98 Å². The van der Waals surface area contributed by atoms with Gasteiger partial charge in [0.15, 0.2) is 3.83 Å². The third-order valence-electron chi connectivity index (χ3n) is 2.15. The number of halogens is 1. The van der Waals surface area contributed by atoms with Crippen molar-refractivity contribution in [3.8, 4) is 0 Å². The minimum absolute atomic E-state index is 1.00. The molecule has 0 unspecified atom stereocenters. The molecular weight excluding hydrogens is 287 g/mol. The molecule has 72 valence electrons. The maximum atomic E-state index is 4.18. The molecule has 0 aliphatic carbocycles. The molecule has 1 aromatic carbocycles. The van der Waals surface area contributed by atoms with Gasteiger partial charge >= 0.3 is 0 Å². The Hall–Kier alpha value is -0.840. The van der Waals surface area contributed by atoms with E-state index in [1.807, 2.05) is 18.5 Å². The van der Waals surface area contributed by atoms with Crippen LogP contribution in [0.3, 0.4) is 0 Å². The van der Waals surface area contributed by atoms with Gasteiger partial charge in [-0.05, 0) is 34.6 Å². The summed E-state index contributed by atoms with van der Waals surface area (Å²) in [5.41, 5.74) is 1.37. The third kappa shape index (κ3) is 2.35. The normalized spacial score (nSPS) is 10.4. The van der Waals surface area contributed by atoms with Crippen molar-refractivity contribution in [3.05, 3.63) is 52.1 Å². The molecule has 0 aliphatic rings. The van der Waals surface area contributed by atoms with Crippen molar-refractivity contribution in [3.63, 3.8) is 0 Å². The zero-order chi connectivity index (χ0) is 9.80. The second-order valence-corrected chi connectivity index (χ2v) is 4.09. The summed E-state index contributed by atoms with van der Waals surface area (Å²) in [6.07, 6.45) is 4.92. The van der Waals surface area contributed by atoms with Crippen LogP contribution < -0.4 is 0 Å². The molecule has 2 aromatic rings. The highest BCUT2D eigenvalue weighted by molar-refractivity contribution is 14.1. The summed E-state index contributed by atoms with van der Waals surface area (Å²) in [6, 6.07) is 10.5. The fraction of sp³-hybridized carbons (Fsp3) is 0.182. The van der Waals surface area contributed by atoms with Gasteiger partial charge in [0.1, 0.15) is 0 Å². The van der Waals surface area contributed by atoms with Crippen molar-refractivity contribution < 1.29 is 0 Å². The Morgan fingerprint density at radius 3 is 2.64 bits per heavy atom. The Labute approximate surface area is 97.1 Å². The molecule has 0 spiro atoms. The second-order valence-electron chi connectivity index (χ2n) is 3.13. The van der Waals surface area contributed by atoms with Gasteiger partial charge in [0, 0.05) is 18.9 Å². The summed E-state index contributed by atoms with van der Waals surface area (Å²) in [5, 5.41) is 0. The van der Waals surface area contributed by atoms with E-state index in [4.69, 9.17) is 0 Å². The molecule has 3 heteroatoms. The van der Waals surface area contributed by atoms with E-state index in [0.717, 1.165) is 16.8 Å². The maximum Gasteiger partial charge on any atom is 0.171 e. The molecule has 0 amide bonds. The molecule has 0 atom stereocenters. The summed E-state index contributed by atoms with van der Waals surface area (Å²) in [7, 11) is 0. The highest BCUT2D eigenvalue weighted by Crippen LogP contribution is 2.05. The lowest BCUT2D eigenvalue weighted by Crippen LogP contribution is -2.01. The number of rotatable bonds is 3. The molecular formula is C11H11IN2. The topological polar surface area (TPSA) is 17.8 Å². The third-order valence-corrected chi connectivity index (χ3v) is 3.05. The maximum absolute atomic E-state index is 4.18. The second kappa shape index (κ2) is 4.59. The molecule has 2 nitrogen and oxygen atoms in total. The Balaban J connectivity index is 1.99. The lowest BCUT2D eigenvalue weighted by atomic mass is 10.1. The van der Waals surface area contributed by atoms with Crippen LogP contribution in [-0.2, 0) is 13.0 Å². The van der Waals surface area contributed by atoms with Crippen molar-refractivity contribution >= 4 is 22.6 Å². The highest BCUT2D eigenvalue weighted by atomic mass is 127. The number of imidazole rings is 1. The number of nitrogens with zero attached hydrogens (tertiary/aromatic N) is 2. The van der Waals surface area contributed by atoms with Gasteiger partial charge in [-0.15, -0.1) is 0 Å². The van der Waals surface area contributed by atoms with E-state index in [1.54, 1.807) is 0 Å². The van der Waals surface area contributed by atoms with E-state index in [-0.39, 0.29) is 0 Å². The van der Waals surface area contributed by atoms with Crippen molar-refractivity contribution in [2.45, 2.75) is 13.0 Å². The van der Waals surface area contributed by atoms with Gasteiger partial charge in [-0.1, -0.05) is 30.3 Å². The first-order chi connectivity index (χ1) is 6.86. The smallest absolute Gasteiger partial charge is 0.171 e. The van der Waals surface area contributed by atoms with Crippen LogP contribution in [0, 0.1) is 3.83 Å². The lowest BCUT2D eigenvalue weighted by molar-refractivity contribution is 0.678. The quantitative estimate of drug-likeness (QED) is 0.797. The molecule has 0 bridgehead atoms. The molecule has 0 saturated heterocycles. The van der Waals surface area contributed by atoms with Gasteiger partial charge in [0.05, 0.1) is 0 Å². The Bertz CT molecular complexity index is 395. The van der Waals surface area contributed by atoms with Crippen LogP contribution in [0.4, 0.5) is 0 Å². The van der Waals surface area contributed by atoms with Crippen molar-refractivity contribution in [2.75, 3.05) is 0 Å². The van der Waals surface area contributed by atoms with Gasteiger partial charge in [0.25, 0.3) is 0 Å². The van der Waals surface area contributed by atoms with Crippen LogP contribution in [0.25, 0.3) is 0 Å². The first kappa shape index (κ1) is 9.71. The van der Waals surface area contributed by atoms with E-state index < -0.39 is 0 Å². The van der Waals surface area contributed by atoms with E-state index in [9.17, 15) is 0 Å². The average molecular weight is 298 g/mol. The molecule has 14 heavy (non-hydrogen) atoms. The van der Waals surface area contributed by atoms with Gasteiger partial charge < -0.3 is 4.57 Å². The molecule has 0 N–H and O–H groups in total. The number of hydrogen-bond acceptors (Lipinski definition) is 1. The van der Waals surface area contributed by atoms with Crippen LogP contribution in [0.15, 0.2) is 42.7 Å². The minimum atomic E-state index is 1.00. The predicted molar refractivity (Wildman–Crippen MR) is 65.1 cm³/mol. The van der Waals surface area contributed by atoms with E-state index in [0.29, 0.717) is 0 Å². The largest absolute Gasteiger partial charge is 0.326 e. The monoisotopic (exact) mass is 298 g/mol. The highest BCUT2D eigenvalue weighted by Gasteiger charge is 1.97. The Kier molecular flexibility index (Phi) is 3.18. The Morgan fingerprint density at radius 2 is 2.00 bits per heavy atom. The predicted octanol–water partition coefficient (Wildman–Crippen LogP) is 2.73. The first-order valence-corrected chi connectivity index (χ1v) is 5.65. The van der Waals surface area contributed by atoms with Gasteiger partial charge in [-0.3, -0.25) is 0 Å². The average Bonchev–Trinajstić information content (AvgIpc) is 2.63. The van der Waals surface area contributed by atoms with Crippen molar-refractivity contribution in [1.29, 1.82) is 0 Å². The number of benzene rings is 1. The fourth-order valence-corrected chi connectivity index (χ4v) is 1.93. The first-order valence-electron chi connectivity index (χ1n) is 4.57. The molecule has 0 radical (unpaired) electrons. The minimum Gasteiger partial charge on any atom is -0.326 e. The summed E-state index contributed by atoms with van der Waals surface area (Å²) < 4.78 is 3.21. The Morgan fingerprint density at radius 1 is 1.21 bits per heavy atom. The van der Waals surface area contributed by atoms with Crippen LogP contribution in [-0.4, -0.2) is 9.55 Å². The van der Waals surface area contributed by atoms with E-state index in [1.165, 1.54) is 5.56 Å². The van der Waals surface area contributed by atoms with E-state index >= 15 is 0 Å². The standard InChI is InChI=1S/C11H11IN2/c12-11-13-7-9-14(11)8-6-10-4-2-1-3-5-10/h1-5,7,9H,6,8H2. The van der Waals surface area contributed by atoms with Crippen LogP contribution >= 0.6 is 22.6 Å². The summed E-state index contributed by atoms with van der Waals surface area (Å²) >= 11 is 2.25. The van der Waals surface area contributed by atoms with Gasteiger partial charge in [0.2, 0.25) is 0 Å². The molecule has 2 rings (SSSR count). The van der Waals surface area contributed by atoms with E-state index in [2.05, 4.69) is 56.4 Å². The molecule has 1 aromatic heterocycles. The lowest BCUT2D eigenvalue weighted by Gasteiger charge is -2.03. The SMILES string of the molecule is Ic1nccn1CCc1ccccc1. The van der Waals surface area contributed by atoms with Crippen LogP contribution in [0.5, 0.6) is 0 Å². The zero-order valence-corrected chi connectivity index (χ0v) is 9.89. The summed E-state index contributed by atoms with van der Waals surface area (Å²) in [5.74, 6) is 0. The van der Waals surface area contributed by atoms with Crippen LogP contribution in [0.2, 0.25) is 0 Å². The van der Waals surface area contributed by atoms with Crippen LogP contribution in [0.1, 0.15) is 5.56 Å². The molecule has 0 aliphatic heterocycles. The zero-order valence-electron chi connectivity index (χ0n) is 7.73. The number of hydrogen-bond donors (Lipinski definition) is 0. The summed E-state index contributed by atoms with van der Waals surface area (Å²) in [4.78, 5) is 4.18. The van der Waals surface area contributed by atoms with Gasteiger partial charge in [-0.2, -0.15) is 0 Å². The molecule has 0 fully saturated rings. The summed E-state index contributed by atoms with van der Waals surface area (Å²) in [6.45, 7) is 1.00. The fourth-order valence-electron chi connectivity index (χ4n) is 1.37. The van der Waals surface area contributed by atoms with Crippen molar-refractivity contribution in [1.82, 2.24) is 9.55 Å². The molecule has 0 saturated carbocycles. The number of aryl methyl sites for hydroxylation is 2. The number of aromatic nitrogens is 2. The molecule has 1 heterocycles. The van der Waals surface area contributed by atoms with Crippen molar-refractivity contribution in [2.24, 2.45) is 0 Å².